The van der Waals surface area contributed by atoms with E-state index >= 15 is 0 Å². The lowest BCUT2D eigenvalue weighted by Crippen LogP contribution is -2.20. The van der Waals surface area contributed by atoms with Crippen LogP contribution >= 0.6 is 0 Å². The van der Waals surface area contributed by atoms with Gasteiger partial charge in [-0.3, -0.25) is 0 Å². The number of aromatic nitrogens is 3. The number of benzene rings is 2. The number of nitrogens with one attached hydrogen (secondary N) is 2. The van der Waals surface area contributed by atoms with Crippen molar-refractivity contribution in [1.82, 2.24) is 19.5 Å². The van der Waals surface area contributed by atoms with Crippen LogP contribution in [0, 0.1) is 13.8 Å². The summed E-state index contributed by atoms with van der Waals surface area (Å²) in [5.74, 6) is 0.953. The summed E-state index contributed by atoms with van der Waals surface area (Å²) in [6, 6.07) is 18.8. The van der Waals surface area contributed by atoms with Crippen LogP contribution in [0.1, 0.15) is 23.1 Å². The van der Waals surface area contributed by atoms with Crippen LogP contribution in [0.5, 0.6) is 0 Å². The number of fused-ring (bicyclic) bond motifs is 1. The van der Waals surface area contributed by atoms with Crippen LogP contribution in [0.2, 0.25) is 0 Å². The maximum atomic E-state index is 4.89. The first-order chi connectivity index (χ1) is 16.0. The van der Waals surface area contributed by atoms with Gasteiger partial charge < -0.3 is 15.5 Å². The summed E-state index contributed by atoms with van der Waals surface area (Å²) < 4.78 is 1.89. The molecule has 0 saturated carbocycles. The lowest BCUT2D eigenvalue weighted by molar-refractivity contribution is 0.473. The highest BCUT2D eigenvalue weighted by Gasteiger charge is 2.12. The summed E-state index contributed by atoms with van der Waals surface area (Å²) in [6.07, 6.45) is 2.83. The molecule has 0 unspecified atom stereocenters. The molecule has 2 heterocycles. The fourth-order valence-electron chi connectivity index (χ4n) is 3.94. The van der Waals surface area contributed by atoms with E-state index in [-0.39, 0.29) is 0 Å². The number of aryl methyl sites for hydroxylation is 2. The van der Waals surface area contributed by atoms with Gasteiger partial charge in [0.1, 0.15) is 5.82 Å². The lowest BCUT2D eigenvalue weighted by Gasteiger charge is -2.22. The van der Waals surface area contributed by atoms with Gasteiger partial charge in [-0.05, 0) is 43.5 Å². The summed E-state index contributed by atoms with van der Waals surface area (Å²) in [6.45, 7) is 10.2. The Balaban J connectivity index is 1.45. The third kappa shape index (κ3) is 4.85. The number of nitrogens with zero attached hydrogens (tertiary/aromatic N) is 4. The summed E-state index contributed by atoms with van der Waals surface area (Å²) in [4.78, 5) is 7.09. The van der Waals surface area contributed by atoms with Gasteiger partial charge in [0.2, 0.25) is 0 Å². The summed E-state index contributed by atoms with van der Waals surface area (Å²) >= 11 is 0. The highest BCUT2D eigenvalue weighted by molar-refractivity contribution is 5.70. The van der Waals surface area contributed by atoms with Crippen molar-refractivity contribution in [3.63, 3.8) is 0 Å². The number of hydrogen-bond acceptors (Lipinski definition) is 5. The maximum Gasteiger partial charge on any atom is 0.160 e. The molecular weight excluding hydrogens is 408 g/mol. The maximum absolute atomic E-state index is 4.89. The standard InChI is InChI=1S/C27H32N6/c1-19-10-6-7-13-24(19)25-17-26(33-27(31-25)20(2)18-30-33)29-14-9-15-32(5)21(3)22-11-8-12-23(16-22)28-4/h6-8,10-13,16-18,28-29H,3,9,14-15H2,1-2,4-5H3. The molecule has 0 spiro atoms. The van der Waals surface area contributed by atoms with Crippen molar-refractivity contribution in [2.45, 2.75) is 20.3 Å². The molecule has 4 aromatic rings. The molecule has 6 nitrogen and oxygen atoms in total. The van der Waals surface area contributed by atoms with Crippen LogP contribution in [0.4, 0.5) is 11.5 Å². The second kappa shape index (κ2) is 9.77. The average Bonchev–Trinajstić information content (AvgIpc) is 3.22. The monoisotopic (exact) mass is 440 g/mol. The molecule has 0 aliphatic rings. The van der Waals surface area contributed by atoms with Gasteiger partial charge in [-0.2, -0.15) is 9.61 Å². The topological polar surface area (TPSA) is 57.5 Å². The fourth-order valence-corrected chi connectivity index (χ4v) is 3.94. The van der Waals surface area contributed by atoms with Crippen molar-refractivity contribution < 1.29 is 0 Å². The van der Waals surface area contributed by atoms with E-state index in [0.717, 1.165) is 64.7 Å². The minimum atomic E-state index is 0.819. The zero-order chi connectivity index (χ0) is 23.4. The van der Waals surface area contributed by atoms with Crippen molar-refractivity contribution in [3.05, 3.63) is 84.1 Å². The molecule has 6 heteroatoms. The minimum Gasteiger partial charge on any atom is -0.388 e. The van der Waals surface area contributed by atoms with Gasteiger partial charge in [0.15, 0.2) is 5.65 Å². The predicted molar refractivity (Wildman–Crippen MR) is 139 cm³/mol. The SMILES string of the molecule is C=C(c1cccc(NC)c1)N(C)CCCNc1cc(-c2ccccc2C)nc2c(C)cnn12. The van der Waals surface area contributed by atoms with Crippen LogP contribution < -0.4 is 10.6 Å². The Morgan fingerprint density at radius 3 is 2.67 bits per heavy atom. The highest BCUT2D eigenvalue weighted by Crippen LogP contribution is 2.26. The average molecular weight is 441 g/mol. The fraction of sp³-hybridized carbons (Fsp3) is 0.259. The van der Waals surface area contributed by atoms with Crippen LogP contribution in [-0.2, 0) is 0 Å². The first-order valence-electron chi connectivity index (χ1n) is 11.3. The molecule has 2 aromatic carbocycles. The van der Waals surface area contributed by atoms with Crippen molar-refractivity contribution in [2.24, 2.45) is 0 Å². The second-order valence-electron chi connectivity index (χ2n) is 8.38. The molecule has 0 bridgehead atoms. The van der Waals surface area contributed by atoms with Crippen molar-refractivity contribution in [2.75, 3.05) is 37.8 Å². The van der Waals surface area contributed by atoms with Crippen LogP contribution in [0.3, 0.4) is 0 Å². The smallest absolute Gasteiger partial charge is 0.160 e. The van der Waals surface area contributed by atoms with Gasteiger partial charge in [-0.1, -0.05) is 43.0 Å². The Kier molecular flexibility index (Phi) is 6.63. The lowest BCUT2D eigenvalue weighted by atomic mass is 10.1. The molecule has 0 aliphatic heterocycles. The van der Waals surface area contributed by atoms with Crippen LogP contribution in [0.15, 0.2) is 67.4 Å². The third-order valence-corrected chi connectivity index (χ3v) is 5.99. The first kappa shape index (κ1) is 22.4. The Hall–Kier alpha value is -3.80. The summed E-state index contributed by atoms with van der Waals surface area (Å²) in [5.41, 5.74) is 8.49. The zero-order valence-electron chi connectivity index (χ0n) is 19.9. The van der Waals surface area contributed by atoms with Gasteiger partial charge >= 0.3 is 0 Å². The molecule has 2 N–H and O–H groups in total. The molecule has 4 rings (SSSR count). The molecule has 0 aliphatic carbocycles. The number of rotatable bonds is 9. The zero-order valence-corrected chi connectivity index (χ0v) is 19.9. The predicted octanol–water partition coefficient (Wildman–Crippen LogP) is 5.46. The van der Waals surface area contributed by atoms with Crippen molar-refractivity contribution in [3.8, 4) is 11.3 Å². The first-order valence-corrected chi connectivity index (χ1v) is 11.3. The largest absolute Gasteiger partial charge is 0.388 e. The highest BCUT2D eigenvalue weighted by atomic mass is 15.3. The molecule has 0 atom stereocenters. The van der Waals surface area contributed by atoms with E-state index in [1.807, 2.05) is 24.7 Å². The van der Waals surface area contributed by atoms with Crippen LogP contribution in [0.25, 0.3) is 22.6 Å². The van der Waals surface area contributed by atoms with Crippen molar-refractivity contribution in [1.29, 1.82) is 0 Å². The van der Waals surface area contributed by atoms with E-state index in [1.165, 1.54) is 5.56 Å². The molecule has 0 radical (unpaired) electrons. The molecule has 0 saturated heterocycles. The third-order valence-electron chi connectivity index (χ3n) is 5.99. The Morgan fingerprint density at radius 2 is 1.88 bits per heavy atom. The summed E-state index contributed by atoms with van der Waals surface area (Å²) in [7, 11) is 4.02. The Bertz CT molecular complexity index is 1270. The minimum absolute atomic E-state index is 0.819. The van der Waals surface area contributed by atoms with Crippen molar-refractivity contribution >= 4 is 22.8 Å². The molecule has 0 amide bonds. The van der Waals surface area contributed by atoms with E-state index in [4.69, 9.17) is 4.98 Å². The molecule has 0 fully saturated rings. The van der Waals surface area contributed by atoms with E-state index in [2.05, 4.69) is 95.8 Å². The van der Waals surface area contributed by atoms with Crippen LogP contribution in [-0.4, -0.2) is 46.7 Å². The molecular formula is C27H32N6. The van der Waals surface area contributed by atoms with Gasteiger partial charge in [0, 0.05) is 55.8 Å². The normalized spacial score (nSPS) is 10.9. The van der Waals surface area contributed by atoms with E-state index in [9.17, 15) is 0 Å². The Labute approximate surface area is 196 Å². The number of hydrogen-bond donors (Lipinski definition) is 2. The second-order valence-corrected chi connectivity index (χ2v) is 8.38. The quantitative estimate of drug-likeness (QED) is 0.339. The van der Waals surface area contributed by atoms with E-state index in [0.29, 0.717) is 0 Å². The Morgan fingerprint density at radius 1 is 1.06 bits per heavy atom. The van der Waals surface area contributed by atoms with Gasteiger partial charge in [-0.25, -0.2) is 4.98 Å². The van der Waals surface area contributed by atoms with Gasteiger partial charge in [0.25, 0.3) is 0 Å². The van der Waals surface area contributed by atoms with Gasteiger partial charge in [0.05, 0.1) is 11.9 Å². The number of anilines is 2. The molecule has 2 aromatic heterocycles. The molecule has 170 valence electrons. The van der Waals surface area contributed by atoms with E-state index < -0.39 is 0 Å². The molecule has 33 heavy (non-hydrogen) atoms. The summed E-state index contributed by atoms with van der Waals surface area (Å²) in [5, 5.41) is 11.3. The van der Waals surface area contributed by atoms with E-state index in [1.54, 1.807) is 0 Å². The van der Waals surface area contributed by atoms with Gasteiger partial charge in [-0.15, -0.1) is 0 Å².